The van der Waals surface area contributed by atoms with Crippen LogP contribution in [0.5, 0.6) is 0 Å². The molecule has 7 heteroatoms. The average molecular weight is 463 g/mol. The van der Waals surface area contributed by atoms with Crippen LogP contribution in [0.25, 0.3) is 22.3 Å². The van der Waals surface area contributed by atoms with Gasteiger partial charge in [-0.3, -0.25) is 4.90 Å². The molecule has 34 heavy (non-hydrogen) atoms. The van der Waals surface area contributed by atoms with E-state index in [4.69, 9.17) is 10.1 Å². The van der Waals surface area contributed by atoms with Crippen molar-refractivity contribution in [1.29, 1.82) is 0 Å². The Morgan fingerprint density at radius 2 is 1.79 bits per heavy atom. The van der Waals surface area contributed by atoms with Crippen LogP contribution in [-0.2, 0) is 6.54 Å². The maximum Gasteiger partial charge on any atom is 0.224 e. The number of aliphatic hydroxyl groups excluding tert-OH is 1. The van der Waals surface area contributed by atoms with Gasteiger partial charge in [0.1, 0.15) is 5.69 Å². The number of anilines is 1. The average Bonchev–Trinajstić information content (AvgIpc) is 3.25. The second-order valence-corrected chi connectivity index (χ2v) is 10.0. The Hall–Kier alpha value is -2.51. The second kappa shape index (κ2) is 10.8. The number of hydrogen-bond donors (Lipinski definition) is 2. The second-order valence-electron chi connectivity index (χ2n) is 10.0. The summed E-state index contributed by atoms with van der Waals surface area (Å²) in [6, 6.07) is 9.14. The van der Waals surface area contributed by atoms with E-state index in [1.165, 1.54) is 37.9 Å². The highest BCUT2D eigenvalue weighted by Crippen LogP contribution is 2.34. The van der Waals surface area contributed by atoms with E-state index < -0.39 is 0 Å². The number of likely N-dealkylation sites (tertiary alicyclic amines) is 1. The molecule has 1 aliphatic heterocycles. The zero-order chi connectivity index (χ0) is 23.3. The van der Waals surface area contributed by atoms with Gasteiger partial charge in [0.25, 0.3) is 0 Å². The number of fused-ring (bicyclic) bond motifs is 1. The number of aromatic nitrogens is 4. The standard InChI is InChI=1S/C27H38N6O/c1-2-3-15-28-27-29-18-24-25(31-33(26(24)30-27)22-11-13-23(34)14-12-22)21-9-7-20(8-10-21)19-32-16-5-4-6-17-32/h7-10,18,22-23,34H,2-6,11-17,19H2,1H3,(H,28,29,30). The molecule has 1 saturated carbocycles. The molecule has 1 aliphatic carbocycles. The van der Waals surface area contributed by atoms with Gasteiger partial charge in [-0.25, -0.2) is 9.67 Å². The summed E-state index contributed by atoms with van der Waals surface area (Å²) in [4.78, 5) is 12.1. The van der Waals surface area contributed by atoms with Crippen molar-refractivity contribution in [1.82, 2.24) is 24.6 Å². The van der Waals surface area contributed by atoms with E-state index in [0.29, 0.717) is 5.95 Å². The number of rotatable bonds is 8. The van der Waals surface area contributed by atoms with Gasteiger partial charge in [0.05, 0.1) is 17.5 Å². The molecule has 1 aromatic carbocycles. The third-order valence-corrected chi connectivity index (χ3v) is 7.36. The summed E-state index contributed by atoms with van der Waals surface area (Å²) in [6.45, 7) is 6.49. The molecule has 5 rings (SSSR count). The SMILES string of the molecule is CCCCNc1ncc2c(-c3ccc(CN4CCCCC4)cc3)nn(C3CCC(O)CC3)c2n1. The lowest BCUT2D eigenvalue weighted by atomic mass is 9.93. The molecule has 3 heterocycles. The number of nitrogens with zero attached hydrogens (tertiary/aromatic N) is 5. The summed E-state index contributed by atoms with van der Waals surface area (Å²) in [5.41, 5.74) is 4.31. The first-order chi connectivity index (χ1) is 16.7. The van der Waals surface area contributed by atoms with Gasteiger partial charge in [-0.15, -0.1) is 0 Å². The fourth-order valence-electron chi connectivity index (χ4n) is 5.30. The highest BCUT2D eigenvalue weighted by Gasteiger charge is 2.25. The van der Waals surface area contributed by atoms with Gasteiger partial charge in [0.15, 0.2) is 5.65 Å². The molecular weight excluding hydrogens is 424 g/mol. The number of unbranched alkanes of at least 4 members (excludes halogenated alkanes) is 1. The highest BCUT2D eigenvalue weighted by atomic mass is 16.3. The van der Waals surface area contributed by atoms with Crippen LogP contribution in [0.2, 0.25) is 0 Å². The normalized spacial score (nSPS) is 21.7. The summed E-state index contributed by atoms with van der Waals surface area (Å²) in [6.07, 6.45) is 11.4. The minimum atomic E-state index is -0.189. The Bertz CT molecular complexity index is 1060. The van der Waals surface area contributed by atoms with Gasteiger partial charge in [-0.05, 0) is 63.6 Å². The van der Waals surface area contributed by atoms with E-state index in [0.717, 1.165) is 73.9 Å². The van der Waals surface area contributed by atoms with Gasteiger partial charge in [-0.1, -0.05) is 44.0 Å². The lowest BCUT2D eigenvalue weighted by molar-refractivity contribution is 0.109. The predicted molar refractivity (Wildman–Crippen MR) is 137 cm³/mol. The fourth-order valence-corrected chi connectivity index (χ4v) is 5.30. The van der Waals surface area contributed by atoms with Crippen molar-refractivity contribution in [3.8, 4) is 11.3 Å². The first-order valence-corrected chi connectivity index (χ1v) is 13.2. The van der Waals surface area contributed by atoms with Crippen LogP contribution in [0.15, 0.2) is 30.5 Å². The number of benzene rings is 1. The maximum absolute atomic E-state index is 10.0. The molecule has 0 atom stereocenters. The molecule has 0 spiro atoms. The molecule has 182 valence electrons. The van der Waals surface area contributed by atoms with Crippen molar-refractivity contribution in [3.63, 3.8) is 0 Å². The van der Waals surface area contributed by atoms with Gasteiger partial charge >= 0.3 is 0 Å². The molecule has 7 nitrogen and oxygen atoms in total. The molecule has 2 fully saturated rings. The first kappa shape index (κ1) is 23.2. The number of piperidine rings is 1. The quantitative estimate of drug-likeness (QED) is 0.450. The number of nitrogens with one attached hydrogen (secondary N) is 1. The molecule has 0 unspecified atom stereocenters. The van der Waals surface area contributed by atoms with Crippen LogP contribution >= 0.6 is 0 Å². The molecule has 0 bridgehead atoms. The minimum Gasteiger partial charge on any atom is -0.393 e. The van der Waals surface area contributed by atoms with Crippen molar-refractivity contribution in [2.24, 2.45) is 0 Å². The predicted octanol–water partition coefficient (Wildman–Crippen LogP) is 5.17. The van der Waals surface area contributed by atoms with Crippen molar-refractivity contribution >= 4 is 17.0 Å². The van der Waals surface area contributed by atoms with Crippen molar-refractivity contribution in [3.05, 3.63) is 36.0 Å². The largest absolute Gasteiger partial charge is 0.393 e. The van der Waals surface area contributed by atoms with Gasteiger partial charge in [0, 0.05) is 24.8 Å². The van der Waals surface area contributed by atoms with Gasteiger partial charge in [0.2, 0.25) is 5.95 Å². The Labute approximate surface area is 202 Å². The van der Waals surface area contributed by atoms with Gasteiger partial charge < -0.3 is 10.4 Å². The maximum atomic E-state index is 10.0. The highest BCUT2D eigenvalue weighted by molar-refractivity contribution is 5.91. The van der Waals surface area contributed by atoms with Crippen molar-refractivity contribution in [2.45, 2.75) is 83.4 Å². The van der Waals surface area contributed by atoms with Gasteiger partial charge in [-0.2, -0.15) is 10.1 Å². The minimum absolute atomic E-state index is 0.189. The molecule has 3 aromatic rings. The smallest absolute Gasteiger partial charge is 0.224 e. The van der Waals surface area contributed by atoms with E-state index in [1.54, 1.807) is 0 Å². The summed E-state index contributed by atoms with van der Waals surface area (Å²) in [5, 5.41) is 19.5. The monoisotopic (exact) mass is 462 g/mol. The van der Waals surface area contributed by atoms with E-state index in [2.05, 4.69) is 51.1 Å². The van der Waals surface area contributed by atoms with Crippen LogP contribution in [0, 0.1) is 0 Å². The van der Waals surface area contributed by atoms with E-state index >= 15 is 0 Å². The van der Waals surface area contributed by atoms with Crippen LogP contribution in [0.1, 0.15) is 76.3 Å². The Balaban J connectivity index is 1.43. The Kier molecular flexibility index (Phi) is 7.40. The van der Waals surface area contributed by atoms with Crippen LogP contribution < -0.4 is 5.32 Å². The van der Waals surface area contributed by atoms with Crippen molar-refractivity contribution < 1.29 is 5.11 Å². The van der Waals surface area contributed by atoms with Crippen LogP contribution in [0.4, 0.5) is 5.95 Å². The molecule has 2 N–H and O–H groups in total. The summed E-state index contributed by atoms with van der Waals surface area (Å²) in [5.74, 6) is 0.668. The molecule has 1 saturated heterocycles. The number of aliphatic hydroxyl groups is 1. The fraction of sp³-hybridized carbons (Fsp3) is 0.593. The summed E-state index contributed by atoms with van der Waals surface area (Å²) < 4.78 is 2.10. The van der Waals surface area contributed by atoms with E-state index in [1.807, 2.05) is 6.20 Å². The summed E-state index contributed by atoms with van der Waals surface area (Å²) >= 11 is 0. The molecule has 0 amide bonds. The lowest BCUT2D eigenvalue weighted by Gasteiger charge is -2.26. The zero-order valence-electron chi connectivity index (χ0n) is 20.4. The Morgan fingerprint density at radius 1 is 1.03 bits per heavy atom. The Morgan fingerprint density at radius 3 is 2.53 bits per heavy atom. The van der Waals surface area contributed by atoms with Crippen LogP contribution in [-0.4, -0.2) is 55.5 Å². The first-order valence-electron chi connectivity index (χ1n) is 13.2. The molecule has 2 aliphatic rings. The molecular formula is C27H38N6O. The van der Waals surface area contributed by atoms with E-state index in [9.17, 15) is 5.11 Å². The number of hydrogen-bond acceptors (Lipinski definition) is 6. The lowest BCUT2D eigenvalue weighted by Crippen LogP contribution is -2.28. The zero-order valence-corrected chi connectivity index (χ0v) is 20.4. The van der Waals surface area contributed by atoms with Crippen LogP contribution in [0.3, 0.4) is 0 Å². The summed E-state index contributed by atoms with van der Waals surface area (Å²) in [7, 11) is 0. The third kappa shape index (κ3) is 5.26. The third-order valence-electron chi connectivity index (χ3n) is 7.36. The molecule has 2 aromatic heterocycles. The van der Waals surface area contributed by atoms with Crippen molar-refractivity contribution in [2.75, 3.05) is 25.0 Å². The topological polar surface area (TPSA) is 79.1 Å². The molecule has 0 radical (unpaired) electrons. The van der Waals surface area contributed by atoms with E-state index in [-0.39, 0.29) is 12.1 Å².